The van der Waals surface area contributed by atoms with E-state index in [1.54, 1.807) is 0 Å². The van der Waals surface area contributed by atoms with E-state index >= 15 is 0 Å². The topological polar surface area (TPSA) is 27.0 Å². The molecule has 0 bridgehead atoms. The van der Waals surface area contributed by atoms with Crippen molar-refractivity contribution >= 4 is 17.3 Å². The van der Waals surface area contributed by atoms with Crippen LogP contribution in [0.3, 0.4) is 0 Å². The van der Waals surface area contributed by atoms with Gasteiger partial charge in [-0.1, -0.05) is 35.9 Å². The van der Waals surface area contributed by atoms with Gasteiger partial charge in [-0.25, -0.2) is 0 Å². The van der Waals surface area contributed by atoms with E-state index in [-0.39, 0.29) is 6.04 Å². The molecule has 3 heteroatoms. The van der Waals surface area contributed by atoms with Crippen LogP contribution in [0.15, 0.2) is 42.5 Å². The third-order valence-corrected chi connectivity index (χ3v) is 3.93. The van der Waals surface area contributed by atoms with Crippen molar-refractivity contribution < 1.29 is 0 Å². The van der Waals surface area contributed by atoms with Crippen LogP contribution in [0.2, 0.25) is 5.02 Å². The zero-order valence-corrected chi connectivity index (χ0v) is 12.6. The van der Waals surface area contributed by atoms with Crippen molar-refractivity contribution in [1.82, 2.24) is 0 Å². The Labute approximate surface area is 125 Å². The first-order chi connectivity index (χ1) is 9.54. The Balaban J connectivity index is 2.42. The maximum absolute atomic E-state index is 9.26. The minimum atomic E-state index is 0.0950. The number of rotatable bonds is 3. The molecule has 2 aromatic rings. The fourth-order valence-corrected chi connectivity index (χ4v) is 2.55. The molecule has 0 N–H and O–H groups in total. The zero-order chi connectivity index (χ0) is 14.7. The molecule has 0 aliphatic rings. The molecule has 0 aromatic heterocycles. The number of nitriles is 1. The third kappa shape index (κ3) is 2.79. The molecule has 2 nitrogen and oxygen atoms in total. The summed E-state index contributed by atoms with van der Waals surface area (Å²) >= 11 is 6.26. The van der Waals surface area contributed by atoms with Gasteiger partial charge in [-0.3, -0.25) is 0 Å². The second-order valence-corrected chi connectivity index (χ2v) is 5.35. The first-order valence-electron chi connectivity index (χ1n) is 6.52. The molecule has 2 aromatic carbocycles. The van der Waals surface area contributed by atoms with Gasteiger partial charge in [-0.05, 0) is 43.2 Å². The van der Waals surface area contributed by atoms with E-state index in [0.717, 1.165) is 21.8 Å². The molecule has 0 aliphatic carbocycles. The van der Waals surface area contributed by atoms with E-state index in [1.807, 2.05) is 56.4 Å². The molecule has 1 atom stereocenters. The number of aryl methyl sites for hydroxylation is 1. The molecular formula is C17H17ClN2. The lowest BCUT2D eigenvalue weighted by molar-refractivity contribution is 0.739. The second kappa shape index (κ2) is 5.98. The Hall–Kier alpha value is -1.98. The second-order valence-electron chi connectivity index (χ2n) is 4.94. The first-order valence-corrected chi connectivity index (χ1v) is 6.90. The molecule has 0 saturated carbocycles. The molecular weight excluding hydrogens is 268 g/mol. The van der Waals surface area contributed by atoms with Crippen LogP contribution in [-0.2, 0) is 0 Å². The Morgan fingerprint density at radius 1 is 1.20 bits per heavy atom. The summed E-state index contributed by atoms with van der Waals surface area (Å²) in [4.78, 5) is 2.09. The summed E-state index contributed by atoms with van der Waals surface area (Å²) in [5.74, 6) is 0. The number of hydrogen-bond donors (Lipinski definition) is 0. The van der Waals surface area contributed by atoms with Gasteiger partial charge in [0.15, 0.2) is 0 Å². The predicted molar refractivity (Wildman–Crippen MR) is 84.2 cm³/mol. The number of halogens is 1. The maximum atomic E-state index is 9.26. The van der Waals surface area contributed by atoms with Gasteiger partial charge in [0.25, 0.3) is 0 Å². The molecule has 2 rings (SSSR count). The standard InChI is InChI=1S/C17H17ClN2/c1-12-8-9-14(11-19)17(10-12)20(3)13(2)15-6-4-5-7-16(15)18/h4-10,13H,1-3H3. The predicted octanol–water partition coefficient (Wildman–Crippen LogP) is 4.72. The quantitative estimate of drug-likeness (QED) is 0.815. The number of benzene rings is 2. The fourth-order valence-electron chi connectivity index (χ4n) is 2.26. The number of nitrogens with zero attached hydrogens (tertiary/aromatic N) is 2. The van der Waals surface area contributed by atoms with Gasteiger partial charge < -0.3 is 4.90 Å². The highest BCUT2D eigenvalue weighted by atomic mass is 35.5. The summed E-state index contributed by atoms with van der Waals surface area (Å²) in [7, 11) is 1.99. The van der Waals surface area contributed by atoms with Crippen LogP contribution in [0.5, 0.6) is 0 Å². The largest absolute Gasteiger partial charge is 0.367 e. The molecule has 0 radical (unpaired) electrons. The van der Waals surface area contributed by atoms with E-state index in [2.05, 4.69) is 17.9 Å². The molecule has 0 amide bonds. The lowest BCUT2D eigenvalue weighted by Crippen LogP contribution is -2.22. The Morgan fingerprint density at radius 3 is 2.55 bits per heavy atom. The SMILES string of the molecule is Cc1ccc(C#N)c(N(C)C(C)c2ccccc2Cl)c1. The highest BCUT2D eigenvalue weighted by Crippen LogP contribution is 2.31. The average Bonchev–Trinajstić information content (AvgIpc) is 2.46. The molecule has 0 spiro atoms. The maximum Gasteiger partial charge on any atom is 0.101 e. The van der Waals surface area contributed by atoms with Crippen LogP contribution >= 0.6 is 11.6 Å². The van der Waals surface area contributed by atoms with Crippen LogP contribution < -0.4 is 4.90 Å². The van der Waals surface area contributed by atoms with Crippen molar-refractivity contribution in [3.8, 4) is 6.07 Å². The highest BCUT2D eigenvalue weighted by molar-refractivity contribution is 6.31. The van der Waals surface area contributed by atoms with Crippen molar-refractivity contribution in [3.05, 3.63) is 64.2 Å². The Kier molecular flexibility index (Phi) is 4.32. The van der Waals surface area contributed by atoms with Crippen molar-refractivity contribution in [1.29, 1.82) is 5.26 Å². The van der Waals surface area contributed by atoms with Crippen molar-refractivity contribution in [3.63, 3.8) is 0 Å². The molecule has 0 heterocycles. The van der Waals surface area contributed by atoms with Crippen LogP contribution in [-0.4, -0.2) is 7.05 Å². The van der Waals surface area contributed by atoms with Gasteiger partial charge in [0.2, 0.25) is 0 Å². The summed E-state index contributed by atoms with van der Waals surface area (Å²) in [5, 5.41) is 10.0. The lowest BCUT2D eigenvalue weighted by Gasteiger charge is -2.29. The van der Waals surface area contributed by atoms with Crippen molar-refractivity contribution in [2.45, 2.75) is 19.9 Å². The summed E-state index contributed by atoms with van der Waals surface area (Å²) in [6.45, 7) is 4.11. The van der Waals surface area contributed by atoms with Gasteiger partial charge in [0, 0.05) is 12.1 Å². The smallest absolute Gasteiger partial charge is 0.101 e. The lowest BCUT2D eigenvalue weighted by atomic mass is 10.0. The van der Waals surface area contributed by atoms with E-state index in [1.165, 1.54) is 0 Å². The third-order valence-electron chi connectivity index (χ3n) is 3.59. The summed E-state index contributed by atoms with van der Waals surface area (Å²) in [5.41, 5.74) is 3.80. The number of hydrogen-bond acceptors (Lipinski definition) is 2. The van der Waals surface area contributed by atoms with E-state index in [0.29, 0.717) is 5.56 Å². The molecule has 0 saturated heterocycles. The van der Waals surface area contributed by atoms with Crippen molar-refractivity contribution in [2.24, 2.45) is 0 Å². The molecule has 102 valence electrons. The highest BCUT2D eigenvalue weighted by Gasteiger charge is 2.17. The van der Waals surface area contributed by atoms with Crippen LogP contribution in [0.25, 0.3) is 0 Å². The van der Waals surface area contributed by atoms with Gasteiger partial charge >= 0.3 is 0 Å². The normalized spacial score (nSPS) is 11.8. The van der Waals surface area contributed by atoms with E-state index in [9.17, 15) is 5.26 Å². The monoisotopic (exact) mass is 284 g/mol. The Bertz CT molecular complexity index is 658. The van der Waals surface area contributed by atoms with E-state index in [4.69, 9.17) is 11.6 Å². The van der Waals surface area contributed by atoms with E-state index < -0.39 is 0 Å². The van der Waals surface area contributed by atoms with Crippen molar-refractivity contribution in [2.75, 3.05) is 11.9 Å². The van der Waals surface area contributed by atoms with Gasteiger partial charge in [-0.15, -0.1) is 0 Å². The summed E-state index contributed by atoms with van der Waals surface area (Å²) in [6, 6.07) is 16.0. The first kappa shape index (κ1) is 14.4. The van der Waals surface area contributed by atoms with Gasteiger partial charge in [0.1, 0.15) is 6.07 Å². The number of anilines is 1. The Morgan fingerprint density at radius 2 is 1.90 bits per heavy atom. The molecule has 0 fully saturated rings. The summed E-state index contributed by atoms with van der Waals surface area (Å²) < 4.78 is 0. The van der Waals surface area contributed by atoms with Crippen LogP contribution in [0.4, 0.5) is 5.69 Å². The van der Waals surface area contributed by atoms with Gasteiger partial charge in [-0.2, -0.15) is 5.26 Å². The minimum absolute atomic E-state index is 0.0950. The average molecular weight is 285 g/mol. The zero-order valence-electron chi connectivity index (χ0n) is 11.9. The molecule has 0 aliphatic heterocycles. The van der Waals surface area contributed by atoms with Crippen LogP contribution in [0, 0.1) is 18.3 Å². The molecule has 1 unspecified atom stereocenters. The van der Waals surface area contributed by atoms with Gasteiger partial charge in [0.05, 0.1) is 17.3 Å². The minimum Gasteiger partial charge on any atom is -0.367 e. The fraction of sp³-hybridized carbons (Fsp3) is 0.235. The summed E-state index contributed by atoms with van der Waals surface area (Å²) in [6.07, 6.45) is 0. The molecule has 20 heavy (non-hydrogen) atoms. The van der Waals surface area contributed by atoms with Crippen LogP contribution in [0.1, 0.15) is 29.7 Å².